The van der Waals surface area contributed by atoms with Gasteiger partial charge >= 0.3 is 6.18 Å². The zero-order valence-electron chi connectivity index (χ0n) is 7.97. The molecule has 84 valence electrons. The number of pyridine rings is 1. The molecule has 0 N–H and O–H groups in total. The Morgan fingerprint density at radius 1 is 1.33 bits per heavy atom. The molecule has 2 nitrogen and oxygen atoms in total. The minimum atomic E-state index is -4.57. The summed E-state index contributed by atoms with van der Waals surface area (Å²) in [7, 11) is -2.77. The number of nitrogens with zero attached hydrogens (tertiary/aromatic N) is 1. The maximum Gasteiger partial charge on any atom is 0.433 e. The van der Waals surface area contributed by atoms with E-state index in [-0.39, 0.29) is 10.5 Å². The number of hydrogen-bond acceptors (Lipinski definition) is 2. The fourth-order valence-corrected chi connectivity index (χ4v) is 2.09. The van der Waals surface area contributed by atoms with Gasteiger partial charge in [0.15, 0.2) is 0 Å². The Morgan fingerprint density at radius 3 is 2.27 bits per heavy atom. The Labute approximate surface area is 89.8 Å². The minimum absolute atomic E-state index is 0.0785. The van der Waals surface area contributed by atoms with Gasteiger partial charge in [-0.25, -0.2) is 4.98 Å². The van der Waals surface area contributed by atoms with Crippen molar-refractivity contribution in [3.63, 3.8) is 0 Å². The van der Waals surface area contributed by atoms with Crippen molar-refractivity contribution < 1.29 is 17.7 Å². The van der Waals surface area contributed by atoms with E-state index in [1.54, 1.807) is 0 Å². The molecule has 0 aliphatic carbocycles. The monoisotopic (exact) mass is 257 g/mol. The molecule has 1 aromatic heterocycles. The third-order valence-electron chi connectivity index (χ3n) is 1.69. The highest BCUT2D eigenvalue weighted by atomic mass is 35.5. The summed E-state index contributed by atoms with van der Waals surface area (Å²) in [6.45, 7) is 2.75. The van der Waals surface area contributed by atoms with Crippen LogP contribution < -0.4 is 5.30 Å². The first-order chi connectivity index (χ1) is 6.60. The molecule has 0 radical (unpaired) electrons. The lowest BCUT2D eigenvalue weighted by Crippen LogP contribution is -2.14. The average molecular weight is 258 g/mol. The maximum atomic E-state index is 12.3. The lowest BCUT2D eigenvalue weighted by Gasteiger charge is -2.11. The van der Waals surface area contributed by atoms with Gasteiger partial charge in [-0.15, -0.1) is 0 Å². The van der Waals surface area contributed by atoms with Gasteiger partial charge < -0.3 is 4.57 Å². The van der Waals surface area contributed by atoms with Crippen LogP contribution in [-0.4, -0.2) is 18.3 Å². The number of halogens is 4. The van der Waals surface area contributed by atoms with Crippen LogP contribution in [-0.2, 0) is 10.7 Å². The van der Waals surface area contributed by atoms with E-state index in [0.29, 0.717) is 0 Å². The van der Waals surface area contributed by atoms with E-state index in [1.807, 2.05) is 0 Å². The zero-order valence-corrected chi connectivity index (χ0v) is 9.62. The molecule has 1 heterocycles. The lowest BCUT2D eigenvalue weighted by atomic mass is 10.3. The van der Waals surface area contributed by atoms with Crippen LogP contribution in [0, 0.1) is 0 Å². The van der Waals surface area contributed by atoms with Crippen LogP contribution in [0.3, 0.4) is 0 Å². The van der Waals surface area contributed by atoms with Crippen LogP contribution in [0.4, 0.5) is 13.2 Å². The molecule has 1 aromatic rings. The van der Waals surface area contributed by atoms with Crippen molar-refractivity contribution in [2.24, 2.45) is 0 Å². The zero-order chi connectivity index (χ0) is 11.9. The predicted octanol–water partition coefficient (Wildman–Crippen LogP) is 3.00. The van der Waals surface area contributed by atoms with E-state index in [0.717, 1.165) is 6.07 Å². The predicted molar refractivity (Wildman–Crippen MR) is 53.3 cm³/mol. The summed E-state index contributed by atoms with van der Waals surface area (Å²) < 4.78 is 48.6. The van der Waals surface area contributed by atoms with Gasteiger partial charge in [0.05, 0.1) is 0 Å². The van der Waals surface area contributed by atoms with Crippen molar-refractivity contribution >= 4 is 24.0 Å². The summed E-state index contributed by atoms with van der Waals surface area (Å²) in [6.07, 6.45) is -4.57. The van der Waals surface area contributed by atoms with E-state index in [2.05, 4.69) is 4.98 Å². The topological polar surface area (TPSA) is 30.0 Å². The minimum Gasteiger partial charge on any atom is -0.319 e. The first kappa shape index (κ1) is 12.5. The summed E-state index contributed by atoms with van der Waals surface area (Å²) in [5, 5.41) is -0.224. The molecule has 0 fully saturated rings. The second-order valence-electron chi connectivity index (χ2n) is 3.38. The normalized spacial score (nSPS) is 12.9. The number of hydrogen-bond donors (Lipinski definition) is 0. The molecular weight excluding hydrogens is 250 g/mol. The van der Waals surface area contributed by atoms with Crippen LogP contribution in [0.15, 0.2) is 12.1 Å². The molecule has 15 heavy (non-hydrogen) atoms. The molecule has 0 unspecified atom stereocenters. The number of rotatable bonds is 1. The van der Waals surface area contributed by atoms with Crippen LogP contribution in [0.2, 0.25) is 5.15 Å². The molecule has 0 atom stereocenters. The summed E-state index contributed by atoms with van der Waals surface area (Å²) >= 11 is 5.43. The third kappa shape index (κ3) is 3.21. The van der Waals surface area contributed by atoms with Gasteiger partial charge in [0.2, 0.25) is 0 Å². The standard InChI is InChI=1S/C8H8ClF3NOP/c1-15(2,14)5-3-6(8(10,11)12)13-7(9)4-5/h3-4H,1-2H3. The molecule has 0 amide bonds. The first-order valence-corrected chi connectivity index (χ1v) is 6.89. The van der Waals surface area contributed by atoms with Gasteiger partial charge in [-0.3, -0.25) is 0 Å². The fraction of sp³-hybridized carbons (Fsp3) is 0.375. The molecule has 0 saturated carbocycles. The third-order valence-corrected chi connectivity index (χ3v) is 3.39. The van der Waals surface area contributed by atoms with Gasteiger partial charge in [-0.1, -0.05) is 11.6 Å². The molecule has 0 spiro atoms. The van der Waals surface area contributed by atoms with Crippen molar-refractivity contribution in [3.05, 3.63) is 23.0 Å². The first-order valence-electron chi connectivity index (χ1n) is 3.91. The SMILES string of the molecule is CP(C)(=O)c1cc(Cl)nc(C(F)(F)F)c1. The molecule has 0 aromatic carbocycles. The van der Waals surface area contributed by atoms with Crippen LogP contribution in [0.5, 0.6) is 0 Å². The summed E-state index contributed by atoms with van der Waals surface area (Å²) in [5.74, 6) is 0. The highest BCUT2D eigenvalue weighted by Crippen LogP contribution is 2.37. The number of aromatic nitrogens is 1. The van der Waals surface area contributed by atoms with Gasteiger partial charge in [-0.05, 0) is 25.5 Å². The van der Waals surface area contributed by atoms with E-state index in [1.165, 1.54) is 19.4 Å². The van der Waals surface area contributed by atoms with E-state index < -0.39 is 19.0 Å². The Morgan fingerprint density at radius 2 is 1.87 bits per heavy atom. The van der Waals surface area contributed by atoms with Crippen molar-refractivity contribution in [1.82, 2.24) is 4.98 Å². The largest absolute Gasteiger partial charge is 0.433 e. The Hall–Kier alpha value is -0.540. The molecule has 0 saturated heterocycles. The Balaban J connectivity index is 3.36. The molecule has 0 aliphatic heterocycles. The van der Waals surface area contributed by atoms with Crippen molar-refractivity contribution in [2.45, 2.75) is 6.18 Å². The van der Waals surface area contributed by atoms with E-state index >= 15 is 0 Å². The van der Waals surface area contributed by atoms with E-state index in [9.17, 15) is 17.7 Å². The summed E-state index contributed by atoms with van der Waals surface area (Å²) in [4.78, 5) is 3.14. The Bertz CT molecular complexity index is 426. The summed E-state index contributed by atoms with van der Waals surface area (Å²) in [6, 6.07) is 1.96. The van der Waals surface area contributed by atoms with Crippen molar-refractivity contribution in [2.75, 3.05) is 13.3 Å². The molecule has 7 heteroatoms. The molecule has 0 bridgehead atoms. The second-order valence-corrected chi connectivity index (χ2v) is 6.99. The quantitative estimate of drug-likeness (QED) is 0.572. The smallest absolute Gasteiger partial charge is 0.319 e. The van der Waals surface area contributed by atoms with Gasteiger partial charge in [0.1, 0.15) is 18.0 Å². The molecule has 0 aliphatic rings. The molecule has 1 rings (SSSR count). The fourth-order valence-electron chi connectivity index (χ4n) is 0.940. The lowest BCUT2D eigenvalue weighted by molar-refractivity contribution is -0.141. The summed E-state index contributed by atoms with van der Waals surface area (Å²) in [5.41, 5.74) is -1.12. The van der Waals surface area contributed by atoms with Gasteiger partial charge in [0, 0.05) is 5.30 Å². The number of alkyl halides is 3. The van der Waals surface area contributed by atoms with Crippen molar-refractivity contribution in [3.8, 4) is 0 Å². The average Bonchev–Trinajstić information content (AvgIpc) is 1.99. The van der Waals surface area contributed by atoms with Crippen molar-refractivity contribution in [1.29, 1.82) is 0 Å². The van der Waals surface area contributed by atoms with E-state index in [4.69, 9.17) is 11.6 Å². The maximum absolute atomic E-state index is 12.3. The van der Waals surface area contributed by atoms with Crippen LogP contribution in [0.1, 0.15) is 5.69 Å². The highest BCUT2D eigenvalue weighted by Gasteiger charge is 2.34. The van der Waals surface area contributed by atoms with Crippen LogP contribution in [0.25, 0.3) is 0 Å². The van der Waals surface area contributed by atoms with Crippen LogP contribution >= 0.6 is 18.7 Å². The van der Waals surface area contributed by atoms with Gasteiger partial charge in [-0.2, -0.15) is 13.2 Å². The molecular formula is C8H8ClF3NOP. The van der Waals surface area contributed by atoms with Gasteiger partial charge in [0.25, 0.3) is 0 Å². The highest BCUT2D eigenvalue weighted by molar-refractivity contribution is 7.70. The Kier molecular flexibility index (Phi) is 3.17. The second kappa shape index (κ2) is 3.80.